The van der Waals surface area contributed by atoms with E-state index in [-0.39, 0.29) is 0 Å². The van der Waals surface area contributed by atoms with Gasteiger partial charge in [0.1, 0.15) is 10.5 Å². The summed E-state index contributed by atoms with van der Waals surface area (Å²) in [5.41, 5.74) is 3.79. The third kappa shape index (κ3) is 3.43. The molecule has 1 N–H and O–H groups in total. The van der Waals surface area contributed by atoms with Crippen molar-refractivity contribution in [3.8, 4) is 0 Å². The number of benzene rings is 1. The second-order valence-corrected chi connectivity index (χ2v) is 7.04. The zero-order valence-electron chi connectivity index (χ0n) is 12.2. The minimum absolute atomic E-state index is 0.598. The van der Waals surface area contributed by atoms with Gasteiger partial charge in [0.25, 0.3) is 0 Å². The molecule has 1 aliphatic rings. The highest BCUT2D eigenvalue weighted by Crippen LogP contribution is 2.36. The molecule has 21 heavy (non-hydrogen) atoms. The molecule has 0 atom stereocenters. The summed E-state index contributed by atoms with van der Waals surface area (Å²) in [6, 6.07) is 8.55. The Morgan fingerprint density at radius 3 is 2.81 bits per heavy atom. The molecular formula is C17H19BrN2S. The highest BCUT2D eigenvalue weighted by molar-refractivity contribution is 9.10. The van der Waals surface area contributed by atoms with Crippen LogP contribution in [0.1, 0.15) is 54.2 Å². The molecule has 4 heteroatoms. The highest BCUT2D eigenvalue weighted by atomic mass is 79.9. The summed E-state index contributed by atoms with van der Waals surface area (Å²) in [7, 11) is 0. The van der Waals surface area contributed by atoms with E-state index in [1.54, 1.807) is 0 Å². The third-order valence-corrected chi connectivity index (χ3v) is 5.52. The van der Waals surface area contributed by atoms with Crippen LogP contribution in [0.5, 0.6) is 0 Å². The van der Waals surface area contributed by atoms with Crippen molar-refractivity contribution in [1.82, 2.24) is 9.97 Å². The van der Waals surface area contributed by atoms with Gasteiger partial charge in [-0.25, -0.2) is 4.98 Å². The molecule has 1 fully saturated rings. The van der Waals surface area contributed by atoms with Gasteiger partial charge in [-0.15, -0.1) is 0 Å². The lowest BCUT2D eigenvalue weighted by Crippen LogP contribution is -2.05. The summed E-state index contributed by atoms with van der Waals surface area (Å²) in [5.74, 6) is 1.57. The Morgan fingerprint density at radius 2 is 2.10 bits per heavy atom. The molecule has 110 valence electrons. The van der Waals surface area contributed by atoms with E-state index in [0.29, 0.717) is 10.6 Å². The Balaban J connectivity index is 1.94. The second-order valence-electron chi connectivity index (χ2n) is 5.86. The highest BCUT2D eigenvalue weighted by Gasteiger charge is 2.21. The Kier molecular flexibility index (Phi) is 4.55. The van der Waals surface area contributed by atoms with E-state index < -0.39 is 0 Å². The van der Waals surface area contributed by atoms with Gasteiger partial charge in [-0.1, -0.05) is 54.9 Å². The molecule has 0 saturated heterocycles. The van der Waals surface area contributed by atoms with Crippen molar-refractivity contribution in [3.63, 3.8) is 0 Å². The molecule has 0 unspecified atom stereocenters. The monoisotopic (exact) mass is 362 g/mol. The van der Waals surface area contributed by atoms with Gasteiger partial charge in [-0.2, -0.15) is 0 Å². The summed E-state index contributed by atoms with van der Waals surface area (Å²) in [4.78, 5) is 8.08. The van der Waals surface area contributed by atoms with Crippen molar-refractivity contribution >= 4 is 28.1 Å². The van der Waals surface area contributed by atoms with Crippen molar-refractivity contribution in [3.05, 3.63) is 56.0 Å². The predicted octanol–water partition coefficient (Wildman–Crippen LogP) is 5.46. The van der Waals surface area contributed by atoms with Gasteiger partial charge in [0.05, 0.1) is 4.47 Å². The fourth-order valence-corrected chi connectivity index (χ4v) is 3.85. The molecule has 1 heterocycles. The normalized spacial score (nSPS) is 15.5. The van der Waals surface area contributed by atoms with Crippen LogP contribution in [0, 0.1) is 11.6 Å². The van der Waals surface area contributed by atoms with E-state index in [1.807, 2.05) is 0 Å². The zero-order valence-corrected chi connectivity index (χ0v) is 14.6. The summed E-state index contributed by atoms with van der Waals surface area (Å²) in [6.07, 6.45) is 5.92. The molecule has 3 rings (SSSR count). The number of rotatable bonds is 3. The summed E-state index contributed by atoms with van der Waals surface area (Å²) in [6.45, 7) is 2.12. The first-order valence-electron chi connectivity index (χ1n) is 7.47. The summed E-state index contributed by atoms with van der Waals surface area (Å²) in [5, 5.41) is 0. The lowest BCUT2D eigenvalue weighted by atomic mass is 10.0. The van der Waals surface area contributed by atoms with Gasteiger partial charge in [-0.3, -0.25) is 0 Å². The number of halogens is 1. The molecule has 0 bridgehead atoms. The van der Waals surface area contributed by atoms with E-state index in [9.17, 15) is 0 Å². The fraction of sp³-hybridized carbons (Fsp3) is 0.412. The number of aromatic amines is 1. The first-order chi connectivity index (χ1) is 10.1. The number of nitrogens with one attached hydrogen (secondary N) is 1. The number of aromatic nitrogens is 2. The largest absolute Gasteiger partial charge is 0.346 e. The van der Waals surface area contributed by atoms with E-state index in [4.69, 9.17) is 12.2 Å². The number of nitrogens with zero attached hydrogens (tertiary/aromatic N) is 1. The number of hydrogen-bond donors (Lipinski definition) is 1. The molecule has 0 aliphatic heterocycles. The van der Waals surface area contributed by atoms with Gasteiger partial charge < -0.3 is 4.98 Å². The predicted molar refractivity (Wildman–Crippen MR) is 92.3 cm³/mol. The lowest BCUT2D eigenvalue weighted by molar-refractivity contribution is 0.679. The van der Waals surface area contributed by atoms with Crippen LogP contribution in [0.25, 0.3) is 0 Å². The molecule has 0 radical (unpaired) electrons. The van der Waals surface area contributed by atoms with Crippen LogP contribution in [-0.2, 0) is 6.42 Å². The van der Waals surface area contributed by atoms with Crippen LogP contribution in [0.4, 0.5) is 0 Å². The minimum Gasteiger partial charge on any atom is -0.346 e. The first kappa shape index (κ1) is 14.9. The van der Waals surface area contributed by atoms with Gasteiger partial charge in [0.15, 0.2) is 0 Å². The SMILES string of the molecule is Cc1cccc(Cc2nc(=S)c(Br)c(C3CCCC3)[nH]2)c1. The molecule has 1 aromatic heterocycles. The molecule has 0 spiro atoms. The Hall–Kier alpha value is -1.00. The maximum atomic E-state index is 5.43. The number of hydrogen-bond acceptors (Lipinski definition) is 2. The fourth-order valence-electron chi connectivity index (χ4n) is 3.12. The van der Waals surface area contributed by atoms with Crippen LogP contribution < -0.4 is 0 Å². The number of aryl methyl sites for hydroxylation is 1. The summed E-state index contributed by atoms with van der Waals surface area (Å²) < 4.78 is 1.66. The van der Waals surface area contributed by atoms with Crippen LogP contribution >= 0.6 is 28.1 Å². The van der Waals surface area contributed by atoms with Crippen molar-refractivity contribution in [2.45, 2.75) is 44.9 Å². The molecule has 2 nitrogen and oxygen atoms in total. The first-order valence-corrected chi connectivity index (χ1v) is 8.68. The molecule has 1 aliphatic carbocycles. The lowest BCUT2D eigenvalue weighted by Gasteiger charge is -2.14. The van der Waals surface area contributed by atoms with Crippen LogP contribution in [0.2, 0.25) is 0 Å². The Morgan fingerprint density at radius 1 is 1.33 bits per heavy atom. The molecule has 2 aromatic rings. The maximum absolute atomic E-state index is 5.43. The molecule has 1 saturated carbocycles. The van der Waals surface area contributed by atoms with Crippen molar-refractivity contribution in [2.24, 2.45) is 0 Å². The average molecular weight is 363 g/mol. The molecule has 1 aromatic carbocycles. The third-order valence-electron chi connectivity index (χ3n) is 4.16. The van der Waals surface area contributed by atoms with Gasteiger partial charge in [-0.05, 0) is 41.3 Å². The van der Waals surface area contributed by atoms with Gasteiger partial charge in [0, 0.05) is 18.0 Å². The van der Waals surface area contributed by atoms with Crippen molar-refractivity contribution in [1.29, 1.82) is 0 Å². The molecular weight excluding hydrogens is 344 g/mol. The van der Waals surface area contributed by atoms with Crippen molar-refractivity contribution in [2.75, 3.05) is 0 Å². The quantitative estimate of drug-likeness (QED) is 0.734. The Bertz CT molecular complexity index is 702. The topological polar surface area (TPSA) is 28.7 Å². The number of H-pyrrole nitrogens is 1. The van der Waals surface area contributed by atoms with Crippen LogP contribution in [0.15, 0.2) is 28.7 Å². The van der Waals surface area contributed by atoms with E-state index in [2.05, 4.69) is 57.1 Å². The van der Waals surface area contributed by atoms with E-state index in [1.165, 1.54) is 42.5 Å². The smallest absolute Gasteiger partial charge is 0.144 e. The van der Waals surface area contributed by atoms with Gasteiger partial charge >= 0.3 is 0 Å². The minimum atomic E-state index is 0.598. The summed E-state index contributed by atoms with van der Waals surface area (Å²) >= 11 is 9.05. The van der Waals surface area contributed by atoms with Crippen molar-refractivity contribution < 1.29 is 0 Å². The van der Waals surface area contributed by atoms with E-state index >= 15 is 0 Å². The van der Waals surface area contributed by atoms with Crippen LogP contribution in [-0.4, -0.2) is 9.97 Å². The Labute approximate surface area is 139 Å². The zero-order chi connectivity index (χ0) is 14.8. The average Bonchev–Trinajstić information content (AvgIpc) is 2.96. The second kappa shape index (κ2) is 6.41. The standard InChI is InChI=1S/C17H19BrN2S/c1-11-5-4-6-12(9-11)10-14-19-16(13-7-2-3-8-13)15(18)17(21)20-14/h4-6,9,13H,2-3,7-8,10H2,1H3,(H,19,20,21). The van der Waals surface area contributed by atoms with Gasteiger partial charge in [0.2, 0.25) is 0 Å². The van der Waals surface area contributed by atoms with Crippen LogP contribution in [0.3, 0.4) is 0 Å². The van der Waals surface area contributed by atoms with E-state index in [0.717, 1.165) is 16.7 Å². The maximum Gasteiger partial charge on any atom is 0.144 e. The molecule has 0 amide bonds.